The first-order chi connectivity index (χ1) is 8.76. The van der Waals surface area contributed by atoms with E-state index < -0.39 is 23.7 Å². The number of hydrogen-bond donors (Lipinski definition) is 2. The van der Waals surface area contributed by atoms with Crippen LogP contribution in [0.15, 0.2) is 0 Å². The zero-order valence-corrected chi connectivity index (χ0v) is 12.5. The highest BCUT2D eigenvalue weighted by Gasteiger charge is 2.16. The first-order valence-electron chi connectivity index (χ1n) is 6.21. The van der Waals surface area contributed by atoms with E-state index in [4.69, 9.17) is 22.1 Å². The number of halogens is 1. The second-order valence-electron chi connectivity index (χ2n) is 5.10. The van der Waals surface area contributed by atoms with Crippen LogP contribution < -0.4 is 11.1 Å². The highest BCUT2D eigenvalue weighted by molar-refractivity contribution is 6.17. The largest absolute Gasteiger partial charge is 0.448 e. The number of alkyl carbamates (subject to hydrolysis) is 1. The minimum Gasteiger partial charge on any atom is -0.448 e. The lowest BCUT2D eigenvalue weighted by molar-refractivity contribution is -0.143. The SMILES string of the molecule is CC(C)(C)OC(=O)NCCCCC(N)C(=O)OCCl. The van der Waals surface area contributed by atoms with Gasteiger partial charge in [-0.1, -0.05) is 11.6 Å². The Hall–Kier alpha value is -1.01. The molecule has 0 aromatic heterocycles. The molecule has 6 nitrogen and oxygen atoms in total. The third-order valence-corrected chi connectivity index (χ3v) is 2.22. The van der Waals surface area contributed by atoms with Gasteiger partial charge in [-0.15, -0.1) is 0 Å². The molecule has 1 amide bonds. The van der Waals surface area contributed by atoms with Crippen molar-refractivity contribution in [3.05, 3.63) is 0 Å². The molecule has 112 valence electrons. The van der Waals surface area contributed by atoms with E-state index >= 15 is 0 Å². The average Bonchev–Trinajstić information content (AvgIpc) is 2.26. The second kappa shape index (κ2) is 8.98. The smallest absolute Gasteiger partial charge is 0.407 e. The van der Waals surface area contributed by atoms with Crippen LogP contribution in [0.3, 0.4) is 0 Å². The van der Waals surface area contributed by atoms with E-state index in [9.17, 15) is 9.59 Å². The van der Waals surface area contributed by atoms with Gasteiger partial charge in [-0.2, -0.15) is 0 Å². The lowest BCUT2D eigenvalue weighted by Crippen LogP contribution is -2.34. The van der Waals surface area contributed by atoms with Gasteiger partial charge in [0.2, 0.25) is 0 Å². The van der Waals surface area contributed by atoms with Gasteiger partial charge in [0, 0.05) is 6.54 Å². The molecule has 0 heterocycles. The topological polar surface area (TPSA) is 90.6 Å². The summed E-state index contributed by atoms with van der Waals surface area (Å²) in [7, 11) is 0. The molecule has 3 N–H and O–H groups in total. The minimum absolute atomic E-state index is 0.188. The van der Waals surface area contributed by atoms with E-state index in [1.165, 1.54) is 0 Å². The van der Waals surface area contributed by atoms with Crippen LogP contribution in [0, 0.1) is 0 Å². The highest BCUT2D eigenvalue weighted by atomic mass is 35.5. The molecule has 0 radical (unpaired) electrons. The van der Waals surface area contributed by atoms with Crippen molar-refractivity contribution in [2.75, 3.05) is 12.6 Å². The number of esters is 1. The van der Waals surface area contributed by atoms with Gasteiger partial charge in [-0.05, 0) is 40.0 Å². The molecule has 0 spiro atoms. The molecular formula is C12H23ClN2O4. The number of ether oxygens (including phenoxy) is 2. The van der Waals surface area contributed by atoms with Crippen molar-refractivity contribution >= 4 is 23.7 Å². The molecule has 0 bridgehead atoms. The fourth-order valence-electron chi connectivity index (χ4n) is 1.27. The van der Waals surface area contributed by atoms with E-state index in [1.807, 2.05) is 0 Å². The third kappa shape index (κ3) is 10.6. The molecule has 19 heavy (non-hydrogen) atoms. The molecule has 0 aliphatic heterocycles. The lowest BCUT2D eigenvalue weighted by Gasteiger charge is -2.19. The Morgan fingerprint density at radius 1 is 1.32 bits per heavy atom. The summed E-state index contributed by atoms with van der Waals surface area (Å²) in [6.07, 6.45) is 1.46. The van der Waals surface area contributed by atoms with Gasteiger partial charge in [-0.3, -0.25) is 4.79 Å². The molecule has 0 rings (SSSR count). The van der Waals surface area contributed by atoms with E-state index in [-0.39, 0.29) is 6.07 Å². The zero-order valence-electron chi connectivity index (χ0n) is 11.7. The van der Waals surface area contributed by atoms with E-state index in [0.717, 1.165) is 0 Å². The van der Waals surface area contributed by atoms with Crippen LogP contribution in [0.4, 0.5) is 4.79 Å². The Morgan fingerprint density at radius 3 is 2.47 bits per heavy atom. The van der Waals surface area contributed by atoms with Gasteiger partial charge in [0.05, 0.1) is 0 Å². The standard InChI is InChI=1S/C12H23ClN2O4/c1-12(2,3)19-11(17)15-7-5-4-6-9(14)10(16)18-8-13/h9H,4-8,14H2,1-3H3,(H,15,17). The summed E-state index contributed by atoms with van der Waals surface area (Å²) >= 11 is 5.25. The summed E-state index contributed by atoms with van der Waals surface area (Å²) in [4.78, 5) is 22.5. The summed E-state index contributed by atoms with van der Waals surface area (Å²) in [6.45, 7) is 5.88. The Morgan fingerprint density at radius 2 is 1.95 bits per heavy atom. The van der Waals surface area contributed by atoms with Crippen LogP contribution in [-0.4, -0.2) is 36.3 Å². The highest BCUT2D eigenvalue weighted by Crippen LogP contribution is 2.06. The Labute approximate surface area is 118 Å². The molecule has 0 saturated heterocycles. The molecule has 0 aliphatic rings. The first-order valence-corrected chi connectivity index (χ1v) is 6.74. The van der Waals surface area contributed by atoms with Gasteiger partial charge in [0.15, 0.2) is 6.07 Å². The average molecular weight is 295 g/mol. The summed E-state index contributed by atoms with van der Waals surface area (Å²) in [5, 5.41) is 2.63. The number of alkyl halides is 1. The molecule has 0 aromatic rings. The number of nitrogens with two attached hydrogens (primary N) is 1. The van der Waals surface area contributed by atoms with Crippen molar-refractivity contribution < 1.29 is 19.1 Å². The fraction of sp³-hybridized carbons (Fsp3) is 0.833. The molecule has 7 heteroatoms. The van der Waals surface area contributed by atoms with Gasteiger partial charge in [0.25, 0.3) is 0 Å². The molecular weight excluding hydrogens is 272 g/mol. The van der Waals surface area contributed by atoms with Crippen molar-refractivity contribution in [3.8, 4) is 0 Å². The van der Waals surface area contributed by atoms with Gasteiger partial charge >= 0.3 is 12.1 Å². The maximum Gasteiger partial charge on any atom is 0.407 e. The lowest BCUT2D eigenvalue weighted by atomic mass is 10.1. The Balaban J connectivity index is 3.60. The quantitative estimate of drug-likeness (QED) is 0.424. The maximum atomic E-state index is 11.3. The number of amides is 1. The Bertz CT molecular complexity index is 292. The molecule has 0 aromatic carbocycles. The molecule has 0 fully saturated rings. The van der Waals surface area contributed by atoms with Crippen LogP contribution in [0.25, 0.3) is 0 Å². The first kappa shape index (κ1) is 18.0. The molecule has 0 saturated carbocycles. The van der Waals surface area contributed by atoms with Crippen molar-refractivity contribution in [2.45, 2.75) is 51.7 Å². The summed E-state index contributed by atoms with van der Waals surface area (Å²) in [5.74, 6) is -0.505. The second-order valence-corrected chi connectivity index (χ2v) is 5.32. The maximum absolute atomic E-state index is 11.3. The van der Waals surface area contributed by atoms with Crippen molar-refractivity contribution in [1.82, 2.24) is 5.32 Å². The van der Waals surface area contributed by atoms with E-state index in [1.54, 1.807) is 20.8 Å². The fourth-order valence-corrected chi connectivity index (χ4v) is 1.38. The van der Waals surface area contributed by atoms with Gasteiger partial charge < -0.3 is 20.5 Å². The Kier molecular flexibility index (Phi) is 8.51. The summed E-state index contributed by atoms with van der Waals surface area (Å²) in [5.41, 5.74) is 5.08. The van der Waals surface area contributed by atoms with Crippen LogP contribution in [-0.2, 0) is 14.3 Å². The summed E-state index contributed by atoms with van der Waals surface area (Å²) in [6, 6.07) is -0.854. The summed E-state index contributed by atoms with van der Waals surface area (Å²) < 4.78 is 9.64. The number of carbonyl (C=O) groups excluding carboxylic acids is 2. The molecule has 0 aliphatic carbocycles. The normalized spacial score (nSPS) is 12.7. The molecule has 1 atom stereocenters. The number of hydrogen-bond acceptors (Lipinski definition) is 5. The van der Waals surface area contributed by atoms with Crippen molar-refractivity contribution in [1.29, 1.82) is 0 Å². The number of nitrogens with one attached hydrogen (secondary N) is 1. The van der Waals surface area contributed by atoms with E-state index in [2.05, 4.69) is 10.1 Å². The van der Waals surface area contributed by atoms with Gasteiger partial charge in [-0.25, -0.2) is 4.79 Å². The van der Waals surface area contributed by atoms with Crippen molar-refractivity contribution in [3.63, 3.8) is 0 Å². The van der Waals surface area contributed by atoms with Crippen molar-refractivity contribution in [2.24, 2.45) is 5.73 Å². The predicted molar refractivity (Wildman–Crippen MR) is 72.9 cm³/mol. The number of carbonyl (C=O) groups is 2. The van der Waals surface area contributed by atoms with Gasteiger partial charge in [0.1, 0.15) is 11.6 Å². The predicted octanol–water partition coefficient (Wildman–Crippen LogP) is 1.75. The van der Waals surface area contributed by atoms with Crippen LogP contribution >= 0.6 is 11.6 Å². The van der Waals surface area contributed by atoms with Crippen LogP contribution in [0.5, 0.6) is 0 Å². The van der Waals surface area contributed by atoms with Crippen LogP contribution in [0.2, 0.25) is 0 Å². The molecule has 1 unspecified atom stereocenters. The van der Waals surface area contributed by atoms with E-state index in [0.29, 0.717) is 25.8 Å². The number of unbranched alkanes of at least 4 members (excludes halogenated alkanes) is 1. The van der Waals surface area contributed by atoms with Crippen LogP contribution in [0.1, 0.15) is 40.0 Å². The third-order valence-electron chi connectivity index (χ3n) is 2.11. The number of rotatable bonds is 7. The zero-order chi connectivity index (χ0) is 14.9. The monoisotopic (exact) mass is 294 g/mol. The minimum atomic E-state index is -0.666.